The highest BCUT2D eigenvalue weighted by Crippen LogP contribution is 2.20. The molecule has 0 aliphatic carbocycles. The number of nitrogens with one attached hydrogen (secondary N) is 1. The Bertz CT molecular complexity index is 1310. The summed E-state index contributed by atoms with van der Waals surface area (Å²) in [4.78, 5) is 36.6. The number of fused-ring (bicyclic) bond motifs is 1. The minimum Gasteiger partial charge on any atom is -0.454 e. The van der Waals surface area contributed by atoms with Gasteiger partial charge in [0.2, 0.25) is 5.89 Å². The van der Waals surface area contributed by atoms with Crippen molar-refractivity contribution >= 4 is 28.3 Å². The summed E-state index contributed by atoms with van der Waals surface area (Å²) in [7, 11) is 0. The lowest BCUT2D eigenvalue weighted by Gasteiger charge is -2.06. The van der Waals surface area contributed by atoms with Crippen molar-refractivity contribution in [3.8, 4) is 11.5 Å². The predicted molar refractivity (Wildman–Crippen MR) is 103 cm³/mol. The van der Waals surface area contributed by atoms with Crippen LogP contribution in [-0.4, -0.2) is 25.9 Å². The van der Waals surface area contributed by atoms with Crippen molar-refractivity contribution in [2.24, 2.45) is 0 Å². The zero-order chi connectivity index (χ0) is 20.4. The van der Waals surface area contributed by atoms with Crippen molar-refractivity contribution in [3.05, 3.63) is 80.2 Å². The van der Waals surface area contributed by atoms with Gasteiger partial charge in [-0.15, -0.1) is 10.2 Å². The number of carbonyl (C=O) groups is 1. The number of hydrogen-bond donors (Lipinski definition) is 1. The normalized spacial score (nSPS) is 10.9. The number of esters is 1. The highest BCUT2D eigenvalue weighted by molar-refractivity contribution is 6.30. The van der Waals surface area contributed by atoms with Crippen molar-refractivity contribution < 1.29 is 13.9 Å². The van der Waals surface area contributed by atoms with Crippen LogP contribution in [-0.2, 0) is 22.7 Å². The van der Waals surface area contributed by atoms with Gasteiger partial charge in [0.25, 0.3) is 17.0 Å². The first-order chi connectivity index (χ1) is 14.0. The van der Waals surface area contributed by atoms with Crippen molar-refractivity contribution in [2.45, 2.75) is 13.2 Å². The molecule has 0 saturated heterocycles. The van der Waals surface area contributed by atoms with E-state index in [2.05, 4.69) is 15.3 Å². The largest absolute Gasteiger partial charge is 0.454 e. The Morgan fingerprint density at radius 3 is 2.55 bits per heavy atom. The molecule has 0 radical (unpaired) electrons. The Balaban J connectivity index is 1.44. The Morgan fingerprint density at radius 2 is 1.79 bits per heavy atom. The fraction of sp³-hybridized carbons (Fsp3) is 0.105. The van der Waals surface area contributed by atoms with Crippen LogP contribution >= 0.6 is 11.6 Å². The van der Waals surface area contributed by atoms with Crippen LogP contribution in [0.15, 0.2) is 62.5 Å². The smallest absolute Gasteiger partial charge is 0.328 e. The third kappa shape index (κ3) is 3.94. The van der Waals surface area contributed by atoms with E-state index in [1.165, 1.54) is 12.1 Å². The molecule has 2 heterocycles. The number of nitrogens with zero attached hydrogens (tertiary/aromatic N) is 3. The van der Waals surface area contributed by atoms with Crippen molar-refractivity contribution in [3.63, 3.8) is 0 Å². The molecule has 0 aliphatic rings. The molecule has 0 unspecified atom stereocenters. The molecular weight excluding hydrogens is 400 g/mol. The molecule has 146 valence electrons. The van der Waals surface area contributed by atoms with Crippen molar-refractivity contribution in [1.29, 1.82) is 0 Å². The highest BCUT2D eigenvalue weighted by Gasteiger charge is 2.14. The van der Waals surface area contributed by atoms with Crippen LogP contribution in [0.4, 0.5) is 0 Å². The van der Waals surface area contributed by atoms with Crippen LogP contribution in [0.3, 0.4) is 0 Å². The molecule has 0 saturated carbocycles. The number of benzene rings is 2. The van der Waals surface area contributed by atoms with E-state index in [1.54, 1.807) is 36.4 Å². The second-order valence-electron chi connectivity index (χ2n) is 6.05. The van der Waals surface area contributed by atoms with Crippen LogP contribution in [0.5, 0.6) is 0 Å². The van der Waals surface area contributed by atoms with E-state index in [1.807, 2.05) is 0 Å². The van der Waals surface area contributed by atoms with E-state index >= 15 is 0 Å². The summed E-state index contributed by atoms with van der Waals surface area (Å²) >= 11 is 5.84. The van der Waals surface area contributed by atoms with E-state index in [-0.39, 0.29) is 29.2 Å². The summed E-state index contributed by atoms with van der Waals surface area (Å²) in [5.41, 5.74) is -0.308. The molecule has 0 aliphatic heterocycles. The molecule has 1 N–H and O–H groups in total. The van der Waals surface area contributed by atoms with Crippen LogP contribution in [0.25, 0.3) is 22.2 Å². The van der Waals surface area contributed by atoms with Gasteiger partial charge in [0.15, 0.2) is 6.61 Å². The molecule has 2 aromatic carbocycles. The molecule has 10 heteroatoms. The lowest BCUT2D eigenvalue weighted by atomic mass is 10.2. The van der Waals surface area contributed by atoms with Crippen molar-refractivity contribution in [2.75, 3.05) is 0 Å². The average Bonchev–Trinajstić information content (AvgIpc) is 3.20. The number of H-pyrrole nitrogens is 1. The van der Waals surface area contributed by atoms with Gasteiger partial charge in [-0.25, -0.2) is 4.68 Å². The standard InChI is InChI=1S/C19H13ClN4O5/c20-12-7-5-11(6-8-12)18-22-21-15(29-18)10-28-16(25)9-24-19(27)14-4-2-1-3-13(14)17(26)23-24/h1-8H,9-10H2,(H,23,26). The van der Waals surface area contributed by atoms with Gasteiger partial charge in [0, 0.05) is 10.6 Å². The van der Waals surface area contributed by atoms with Gasteiger partial charge in [-0.2, -0.15) is 0 Å². The van der Waals surface area contributed by atoms with Gasteiger partial charge in [-0.05, 0) is 36.4 Å². The molecule has 2 aromatic heterocycles. The molecule has 4 aromatic rings. The molecule has 0 spiro atoms. The summed E-state index contributed by atoms with van der Waals surface area (Å²) < 4.78 is 11.4. The van der Waals surface area contributed by atoms with Gasteiger partial charge in [-0.1, -0.05) is 23.7 Å². The molecule has 29 heavy (non-hydrogen) atoms. The summed E-state index contributed by atoms with van der Waals surface area (Å²) in [6, 6.07) is 13.1. The fourth-order valence-electron chi connectivity index (χ4n) is 2.70. The number of ether oxygens (including phenoxy) is 1. The fourth-order valence-corrected chi connectivity index (χ4v) is 2.82. The second kappa shape index (κ2) is 7.72. The van der Waals surface area contributed by atoms with Crippen LogP contribution < -0.4 is 11.1 Å². The minimum absolute atomic E-state index is 0.0858. The van der Waals surface area contributed by atoms with Crippen LogP contribution in [0.1, 0.15) is 5.89 Å². The predicted octanol–water partition coefficient (Wildman–Crippen LogP) is 2.14. The molecule has 0 bridgehead atoms. The van der Waals surface area contributed by atoms with E-state index in [0.29, 0.717) is 10.6 Å². The Hall–Kier alpha value is -3.72. The lowest BCUT2D eigenvalue weighted by Crippen LogP contribution is -2.32. The van der Waals surface area contributed by atoms with Gasteiger partial charge >= 0.3 is 5.97 Å². The maximum Gasteiger partial charge on any atom is 0.328 e. The quantitative estimate of drug-likeness (QED) is 0.498. The Morgan fingerprint density at radius 1 is 1.07 bits per heavy atom. The molecule has 0 fully saturated rings. The maximum atomic E-state index is 12.4. The van der Waals surface area contributed by atoms with E-state index in [4.69, 9.17) is 20.8 Å². The Kier molecular flexibility index (Phi) is 4.96. The second-order valence-corrected chi connectivity index (χ2v) is 6.48. The van der Waals surface area contributed by atoms with Gasteiger partial charge in [0.05, 0.1) is 10.8 Å². The summed E-state index contributed by atoms with van der Waals surface area (Å²) in [5, 5.41) is 11.1. The highest BCUT2D eigenvalue weighted by atomic mass is 35.5. The molecule has 0 atom stereocenters. The zero-order valence-corrected chi connectivity index (χ0v) is 15.5. The SMILES string of the molecule is O=C(Cn1[nH]c(=O)c2ccccc2c1=O)OCc1nnc(-c2ccc(Cl)cc2)o1. The first-order valence-corrected chi connectivity index (χ1v) is 8.85. The first-order valence-electron chi connectivity index (χ1n) is 8.47. The van der Waals surface area contributed by atoms with Crippen LogP contribution in [0.2, 0.25) is 5.02 Å². The first kappa shape index (κ1) is 18.6. The molecule has 0 amide bonds. The maximum absolute atomic E-state index is 12.4. The summed E-state index contributed by atoms with van der Waals surface area (Å²) in [6.07, 6.45) is 0. The van der Waals surface area contributed by atoms with Gasteiger partial charge < -0.3 is 9.15 Å². The average molecular weight is 413 g/mol. The molecular formula is C19H13ClN4O5. The lowest BCUT2D eigenvalue weighted by molar-refractivity contribution is -0.146. The summed E-state index contributed by atoms with van der Waals surface area (Å²) in [6.45, 7) is -0.733. The van der Waals surface area contributed by atoms with E-state index < -0.39 is 23.6 Å². The van der Waals surface area contributed by atoms with Crippen molar-refractivity contribution in [1.82, 2.24) is 20.0 Å². The molecule has 9 nitrogen and oxygen atoms in total. The van der Waals surface area contributed by atoms with E-state index in [9.17, 15) is 14.4 Å². The van der Waals surface area contributed by atoms with E-state index in [0.717, 1.165) is 4.68 Å². The third-order valence-electron chi connectivity index (χ3n) is 4.09. The number of carbonyl (C=O) groups excluding carboxylic acids is 1. The number of rotatable bonds is 5. The van der Waals surface area contributed by atoms with Crippen LogP contribution in [0, 0.1) is 0 Å². The number of hydrogen-bond acceptors (Lipinski definition) is 7. The number of aromatic amines is 1. The zero-order valence-electron chi connectivity index (χ0n) is 14.8. The topological polar surface area (TPSA) is 120 Å². The van der Waals surface area contributed by atoms with Gasteiger partial charge in [-0.3, -0.25) is 19.5 Å². The Labute approximate surface area is 167 Å². The number of halogens is 1. The summed E-state index contributed by atoms with van der Waals surface area (Å²) in [5.74, 6) is -0.408. The van der Waals surface area contributed by atoms with Gasteiger partial charge in [0.1, 0.15) is 6.54 Å². The molecule has 4 rings (SSSR count). The monoisotopic (exact) mass is 412 g/mol. The minimum atomic E-state index is -0.746. The number of aromatic nitrogens is 4. The third-order valence-corrected chi connectivity index (χ3v) is 4.34.